The first-order valence-corrected chi connectivity index (χ1v) is 6.20. The Bertz CT molecular complexity index is 508. The molecule has 0 fully saturated rings. The van der Waals surface area contributed by atoms with Crippen molar-refractivity contribution in [1.82, 2.24) is 9.55 Å². The highest BCUT2D eigenvalue weighted by molar-refractivity contribution is 6.35. The maximum absolute atomic E-state index is 6.17. The monoisotopic (exact) mass is 269 g/mol. The number of halogens is 2. The minimum atomic E-state index is 0.607. The van der Waals surface area contributed by atoms with Crippen molar-refractivity contribution in [1.29, 1.82) is 0 Å². The van der Waals surface area contributed by atoms with E-state index in [4.69, 9.17) is 23.2 Å². The van der Waals surface area contributed by atoms with Crippen molar-refractivity contribution in [2.24, 2.45) is 0 Å². The van der Waals surface area contributed by atoms with Gasteiger partial charge in [-0.1, -0.05) is 30.1 Å². The van der Waals surface area contributed by atoms with Crippen molar-refractivity contribution in [3.8, 4) is 5.69 Å². The van der Waals surface area contributed by atoms with Crippen LogP contribution in [0.2, 0.25) is 10.0 Å². The van der Waals surface area contributed by atoms with E-state index >= 15 is 0 Å². The topological polar surface area (TPSA) is 29.9 Å². The SMILES string of the molecule is CCCNc1nccn1-c1ccc(Cl)cc1Cl. The van der Waals surface area contributed by atoms with E-state index in [1.807, 2.05) is 22.9 Å². The number of hydrogen-bond donors (Lipinski definition) is 1. The van der Waals surface area contributed by atoms with Gasteiger partial charge in [-0.05, 0) is 24.6 Å². The minimum absolute atomic E-state index is 0.607. The molecule has 17 heavy (non-hydrogen) atoms. The number of hydrogen-bond acceptors (Lipinski definition) is 2. The number of aromatic nitrogens is 2. The molecule has 0 saturated heterocycles. The van der Waals surface area contributed by atoms with Crippen LogP contribution in [0.3, 0.4) is 0 Å². The zero-order valence-electron chi connectivity index (χ0n) is 9.45. The van der Waals surface area contributed by atoms with E-state index in [0.717, 1.165) is 24.6 Å². The van der Waals surface area contributed by atoms with Crippen LogP contribution in [0, 0.1) is 0 Å². The Labute approximate surface area is 110 Å². The molecule has 1 aromatic heterocycles. The number of nitrogens with zero attached hydrogens (tertiary/aromatic N) is 2. The molecular formula is C12H13Cl2N3. The zero-order chi connectivity index (χ0) is 12.3. The van der Waals surface area contributed by atoms with Crippen LogP contribution in [0.1, 0.15) is 13.3 Å². The highest BCUT2D eigenvalue weighted by Crippen LogP contribution is 2.26. The molecule has 1 heterocycles. The predicted molar refractivity (Wildman–Crippen MR) is 72.4 cm³/mol. The number of nitrogens with one attached hydrogen (secondary N) is 1. The highest BCUT2D eigenvalue weighted by atomic mass is 35.5. The summed E-state index contributed by atoms with van der Waals surface area (Å²) in [4.78, 5) is 4.25. The molecule has 0 amide bonds. The van der Waals surface area contributed by atoms with E-state index in [0.29, 0.717) is 10.0 Å². The summed E-state index contributed by atoms with van der Waals surface area (Å²) < 4.78 is 1.91. The number of benzene rings is 1. The van der Waals surface area contributed by atoms with E-state index < -0.39 is 0 Å². The van der Waals surface area contributed by atoms with Gasteiger partial charge in [-0.3, -0.25) is 4.57 Å². The van der Waals surface area contributed by atoms with Crippen molar-refractivity contribution >= 4 is 29.2 Å². The van der Waals surface area contributed by atoms with Gasteiger partial charge >= 0.3 is 0 Å². The number of rotatable bonds is 4. The molecule has 0 spiro atoms. The average molecular weight is 270 g/mol. The van der Waals surface area contributed by atoms with E-state index in [9.17, 15) is 0 Å². The quantitative estimate of drug-likeness (QED) is 0.909. The molecular weight excluding hydrogens is 257 g/mol. The standard InChI is InChI=1S/C12H13Cl2N3/c1-2-5-15-12-16-6-7-17(12)11-4-3-9(13)8-10(11)14/h3-4,6-8H,2,5H2,1H3,(H,15,16). The fourth-order valence-electron chi connectivity index (χ4n) is 1.54. The minimum Gasteiger partial charge on any atom is -0.355 e. The molecule has 0 saturated carbocycles. The first-order chi connectivity index (χ1) is 8.22. The van der Waals surface area contributed by atoms with Crippen LogP contribution >= 0.6 is 23.2 Å². The molecule has 1 N–H and O–H groups in total. The van der Waals surface area contributed by atoms with E-state index in [-0.39, 0.29) is 0 Å². The third-order valence-corrected chi connectivity index (χ3v) is 2.88. The Balaban J connectivity index is 2.35. The fourth-order valence-corrected chi connectivity index (χ4v) is 2.04. The summed E-state index contributed by atoms with van der Waals surface area (Å²) in [6.07, 6.45) is 4.65. The van der Waals surface area contributed by atoms with E-state index in [1.54, 1.807) is 12.3 Å². The van der Waals surface area contributed by atoms with Gasteiger partial charge in [0, 0.05) is 24.0 Å². The molecule has 90 valence electrons. The third kappa shape index (κ3) is 2.73. The first-order valence-electron chi connectivity index (χ1n) is 5.45. The molecule has 0 unspecified atom stereocenters. The van der Waals surface area contributed by atoms with Gasteiger partial charge in [-0.25, -0.2) is 4.98 Å². The maximum atomic E-state index is 6.17. The van der Waals surface area contributed by atoms with Crippen LogP contribution < -0.4 is 5.32 Å². The van der Waals surface area contributed by atoms with Gasteiger partial charge in [-0.15, -0.1) is 0 Å². The van der Waals surface area contributed by atoms with Crippen molar-refractivity contribution in [3.05, 3.63) is 40.6 Å². The van der Waals surface area contributed by atoms with E-state index in [2.05, 4.69) is 17.2 Å². The van der Waals surface area contributed by atoms with Crippen molar-refractivity contribution < 1.29 is 0 Å². The lowest BCUT2D eigenvalue weighted by Crippen LogP contribution is -2.06. The summed E-state index contributed by atoms with van der Waals surface area (Å²) >= 11 is 12.0. The summed E-state index contributed by atoms with van der Waals surface area (Å²) in [5.41, 5.74) is 0.868. The van der Waals surface area contributed by atoms with Crippen molar-refractivity contribution in [2.45, 2.75) is 13.3 Å². The number of anilines is 1. The Morgan fingerprint density at radius 2 is 2.18 bits per heavy atom. The molecule has 2 rings (SSSR count). The number of imidazole rings is 1. The van der Waals surface area contributed by atoms with Gasteiger partial charge in [0.05, 0.1) is 10.7 Å². The zero-order valence-corrected chi connectivity index (χ0v) is 11.0. The molecule has 0 aliphatic heterocycles. The Hall–Kier alpha value is -1.19. The lowest BCUT2D eigenvalue weighted by molar-refractivity contribution is 0.937. The predicted octanol–water partition coefficient (Wildman–Crippen LogP) is 4.00. The van der Waals surface area contributed by atoms with Crippen LogP contribution in [0.5, 0.6) is 0 Å². The Morgan fingerprint density at radius 3 is 2.88 bits per heavy atom. The molecule has 3 nitrogen and oxygen atoms in total. The normalized spacial score (nSPS) is 10.5. The van der Waals surface area contributed by atoms with Gasteiger partial charge < -0.3 is 5.32 Å². The highest BCUT2D eigenvalue weighted by Gasteiger charge is 2.08. The molecule has 1 aromatic carbocycles. The molecule has 5 heteroatoms. The average Bonchev–Trinajstić information content (AvgIpc) is 2.74. The second kappa shape index (κ2) is 5.43. The lowest BCUT2D eigenvalue weighted by Gasteiger charge is -2.10. The van der Waals surface area contributed by atoms with Crippen LogP contribution in [-0.2, 0) is 0 Å². The summed E-state index contributed by atoms with van der Waals surface area (Å²) in [6.45, 7) is 2.98. The first kappa shape index (κ1) is 12.3. The third-order valence-electron chi connectivity index (χ3n) is 2.34. The largest absolute Gasteiger partial charge is 0.355 e. The van der Waals surface area contributed by atoms with Gasteiger partial charge in [0.15, 0.2) is 0 Å². The molecule has 0 radical (unpaired) electrons. The summed E-state index contributed by atoms with van der Waals surface area (Å²) in [5, 5.41) is 4.48. The van der Waals surface area contributed by atoms with Crippen LogP contribution in [0.15, 0.2) is 30.6 Å². The maximum Gasteiger partial charge on any atom is 0.207 e. The molecule has 0 atom stereocenters. The molecule has 2 aromatic rings. The fraction of sp³-hybridized carbons (Fsp3) is 0.250. The van der Waals surface area contributed by atoms with Crippen LogP contribution in [0.25, 0.3) is 5.69 Å². The summed E-state index contributed by atoms with van der Waals surface area (Å²) in [7, 11) is 0. The van der Waals surface area contributed by atoms with Gasteiger partial charge in [0.1, 0.15) is 0 Å². The van der Waals surface area contributed by atoms with E-state index in [1.165, 1.54) is 0 Å². The molecule has 0 bridgehead atoms. The van der Waals surface area contributed by atoms with Crippen molar-refractivity contribution in [3.63, 3.8) is 0 Å². The van der Waals surface area contributed by atoms with Gasteiger partial charge in [-0.2, -0.15) is 0 Å². The molecule has 0 aliphatic rings. The second-order valence-electron chi connectivity index (χ2n) is 3.64. The van der Waals surface area contributed by atoms with Crippen LogP contribution in [-0.4, -0.2) is 16.1 Å². The van der Waals surface area contributed by atoms with Crippen LogP contribution in [0.4, 0.5) is 5.95 Å². The van der Waals surface area contributed by atoms with Gasteiger partial charge in [0.2, 0.25) is 5.95 Å². The van der Waals surface area contributed by atoms with Gasteiger partial charge in [0.25, 0.3) is 0 Å². The Morgan fingerprint density at radius 1 is 1.35 bits per heavy atom. The second-order valence-corrected chi connectivity index (χ2v) is 4.49. The Kier molecular flexibility index (Phi) is 3.92. The molecule has 0 aliphatic carbocycles. The smallest absolute Gasteiger partial charge is 0.207 e. The van der Waals surface area contributed by atoms with Crippen molar-refractivity contribution in [2.75, 3.05) is 11.9 Å². The summed E-state index contributed by atoms with van der Waals surface area (Å²) in [6, 6.07) is 5.41. The lowest BCUT2D eigenvalue weighted by atomic mass is 10.3. The summed E-state index contributed by atoms with van der Waals surface area (Å²) in [5.74, 6) is 0.788.